The van der Waals surface area contributed by atoms with E-state index in [9.17, 15) is 19.7 Å². The van der Waals surface area contributed by atoms with Gasteiger partial charge >= 0.3 is 0 Å². The number of carbonyl (C=O) groups is 2. The predicted molar refractivity (Wildman–Crippen MR) is 112 cm³/mol. The van der Waals surface area contributed by atoms with Gasteiger partial charge in [-0.05, 0) is 18.6 Å². The second-order valence-corrected chi connectivity index (χ2v) is 7.26. The Labute approximate surface area is 174 Å². The lowest BCUT2D eigenvalue weighted by Crippen LogP contribution is -2.49. The summed E-state index contributed by atoms with van der Waals surface area (Å²) in [7, 11) is 1.70. The maximum atomic E-state index is 12.6. The highest BCUT2D eigenvalue weighted by molar-refractivity contribution is 6.07. The van der Waals surface area contributed by atoms with Crippen molar-refractivity contribution in [1.82, 2.24) is 19.8 Å². The lowest BCUT2D eigenvalue weighted by Gasteiger charge is -2.35. The van der Waals surface area contributed by atoms with Crippen LogP contribution < -0.4 is 10.2 Å². The molecule has 10 nitrogen and oxygen atoms in total. The third-order valence-corrected chi connectivity index (χ3v) is 5.11. The van der Waals surface area contributed by atoms with Gasteiger partial charge in [0.2, 0.25) is 11.7 Å². The minimum absolute atomic E-state index is 0.00608. The van der Waals surface area contributed by atoms with E-state index in [2.05, 4.69) is 10.3 Å². The van der Waals surface area contributed by atoms with Gasteiger partial charge in [-0.25, -0.2) is 4.98 Å². The number of nitro groups is 1. The van der Waals surface area contributed by atoms with Crippen LogP contribution >= 0.6 is 0 Å². The molecule has 1 saturated heterocycles. The number of amides is 1. The van der Waals surface area contributed by atoms with Gasteiger partial charge in [-0.2, -0.15) is 0 Å². The number of rotatable bonds is 8. The number of aromatic nitrogens is 2. The summed E-state index contributed by atoms with van der Waals surface area (Å²) in [6.45, 7) is 5.38. The van der Waals surface area contributed by atoms with Crippen molar-refractivity contribution >= 4 is 23.1 Å². The Morgan fingerprint density at radius 2 is 1.97 bits per heavy atom. The van der Waals surface area contributed by atoms with E-state index in [0.29, 0.717) is 45.0 Å². The van der Waals surface area contributed by atoms with Crippen LogP contribution in [0.15, 0.2) is 30.6 Å². The van der Waals surface area contributed by atoms with Gasteiger partial charge in [0.25, 0.3) is 5.69 Å². The molecule has 0 atom stereocenters. The van der Waals surface area contributed by atoms with Crippen LogP contribution in [0.5, 0.6) is 0 Å². The fraction of sp³-hybridized carbons (Fsp3) is 0.450. The molecule has 0 aliphatic carbocycles. The zero-order valence-corrected chi connectivity index (χ0v) is 17.2. The molecule has 160 valence electrons. The van der Waals surface area contributed by atoms with Crippen molar-refractivity contribution in [2.24, 2.45) is 7.05 Å². The molecule has 1 aromatic carbocycles. The van der Waals surface area contributed by atoms with Gasteiger partial charge in [0.15, 0.2) is 5.82 Å². The Bertz CT molecular complexity index is 933. The molecule has 0 bridgehead atoms. The van der Waals surface area contributed by atoms with E-state index >= 15 is 0 Å². The summed E-state index contributed by atoms with van der Waals surface area (Å²) in [6, 6.07) is 4.54. The number of aryl methyl sites for hydroxylation is 1. The van der Waals surface area contributed by atoms with E-state index < -0.39 is 4.92 Å². The zero-order chi connectivity index (χ0) is 21.7. The second kappa shape index (κ2) is 9.49. The van der Waals surface area contributed by atoms with Crippen molar-refractivity contribution in [3.8, 4) is 0 Å². The Kier molecular flexibility index (Phi) is 6.78. The number of hydrogen-bond donors (Lipinski definition) is 1. The summed E-state index contributed by atoms with van der Waals surface area (Å²) in [6.07, 6.45) is 4.05. The lowest BCUT2D eigenvalue weighted by molar-refractivity contribution is -0.384. The summed E-state index contributed by atoms with van der Waals surface area (Å²) in [5.41, 5.74) is 0.599. The van der Waals surface area contributed by atoms with Crippen LogP contribution in [0.4, 0.5) is 11.4 Å². The summed E-state index contributed by atoms with van der Waals surface area (Å²) in [4.78, 5) is 43.7. The van der Waals surface area contributed by atoms with Gasteiger partial charge in [-0.15, -0.1) is 0 Å². The number of ketones is 1. The Hall–Kier alpha value is -3.27. The largest absolute Gasteiger partial charge is 0.363 e. The number of nitrogens with one attached hydrogen (secondary N) is 1. The van der Waals surface area contributed by atoms with Gasteiger partial charge in [-0.3, -0.25) is 24.6 Å². The predicted octanol–water partition coefficient (Wildman–Crippen LogP) is 1.21. The molecule has 0 spiro atoms. The zero-order valence-electron chi connectivity index (χ0n) is 17.2. The molecular weight excluding hydrogens is 388 g/mol. The van der Waals surface area contributed by atoms with Gasteiger partial charge in [-0.1, -0.05) is 6.92 Å². The molecule has 1 amide bonds. The van der Waals surface area contributed by atoms with E-state index in [0.717, 1.165) is 6.42 Å². The molecule has 1 fully saturated rings. The Morgan fingerprint density at radius 1 is 1.23 bits per heavy atom. The lowest BCUT2D eigenvalue weighted by atomic mass is 10.1. The highest BCUT2D eigenvalue weighted by atomic mass is 16.6. The molecular formula is C20H26N6O4. The first kappa shape index (κ1) is 21.4. The maximum absolute atomic E-state index is 12.6. The molecule has 2 heterocycles. The highest BCUT2D eigenvalue weighted by Crippen LogP contribution is 2.30. The molecule has 1 aromatic heterocycles. The van der Waals surface area contributed by atoms with Crippen molar-refractivity contribution in [3.63, 3.8) is 0 Å². The molecule has 3 rings (SSSR count). The molecule has 30 heavy (non-hydrogen) atoms. The summed E-state index contributed by atoms with van der Waals surface area (Å²) in [5.74, 6) is -0.138. The normalized spacial score (nSPS) is 14.5. The number of carbonyl (C=O) groups excluding carboxylic acids is 2. The third-order valence-electron chi connectivity index (χ3n) is 5.11. The highest BCUT2D eigenvalue weighted by Gasteiger charge is 2.26. The van der Waals surface area contributed by atoms with Crippen LogP contribution in [0.2, 0.25) is 0 Å². The van der Waals surface area contributed by atoms with Crippen LogP contribution in [0.3, 0.4) is 0 Å². The van der Waals surface area contributed by atoms with Gasteiger partial charge in [0.1, 0.15) is 5.69 Å². The number of imidazole rings is 1. The number of hydrogen-bond acceptors (Lipinski definition) is 7. The van der Waals surface area contributed by atoms with Crippen LogP contribution in [-0.2, 0) is 11.8 Å². The number of piperazine rings is 1. The molecule has 1 N–H and O–H groups in total. The van der Waals surface area contributed by atoms with E-state index in [1.807, 2.05) is 16.7 Å². The SMILES string of the molecule is CCCNC(=O)CN1CCN(c2ccc(C(=O)c3nccn3C)cc2[N+](=O)[O-])CC1. The van der Waals surface area contributed by atoms with Crippen LogP contribution in [0.1, 0.15) is 29.5 Å². The van der Waals surface area contributed by atoms with Crippen molar-refractivity contribution in [1.29, 1.82) is 0 Å². The van der Waals surface area contributed by atoms with Crippen LogP contribution in [-0.4, -0.2) is 70.3 Å². The standard InChI is InChI=1S/C20H26N6O4/c1-3-6-21-18(27)14-24-9-11-25(12-10-24)16-5-4-15(13-17(16)26(29)30)19(28)20-22-7-8-23(20)2/h4-5,7-8,13H,3,6,9-12,14H2,1-2H3,(H,21,27). The molecule has 0 radical (unpaired) electrons. The second-order valence-electron chi connectivity index (χ2n) is 7.26. The van der Waals surface area contributed by atoms with Gasteiger partial charge in [0.05, 0.1) is 11.5 Å². The van der Waals surface area contributed by atoms with Gasteiger partial charge < -0.3 is 14.8 Å². The number of benzene rings is 1. The summed E-state index contributed by atoms with van der Waals surface area (Å²) in [5, 5.41) is 14.5. The average molecular weight is 414 g/mol. The monoisotopic (exact) mass is 414 g/mol. The van der Waals surface area contributed by atoms with E-state index in [1.165, 1.54) is 12.3 Å². The Morgan fingerprint density at radius 3 is 2.57 bits per heavy atom. The first-order chi connectivity index (χ1) is 14.4. The number of nitrogens with zero attached hydrogens (tertiary/aromatic N) is 5. The minimum Gasteiger partial charge on any atom is -0.363 e. The van der Waals surface area contributed by atoms with Gasteiger partial charge in [0, 0.05) is 63.8 Å². The fourth-order valence-electron chi connectivity index (χ4n) is 3.46. The Balaban J connectivity index is 1.71. The molecule has 2 aromatic rings. The number of anilines is 1. The third kappa shape index (κ3) is 4.82. The topological polar surface area (TPSA) is 114 Å². The van der Waals surface area contributed by atoms with Crippen molar-refractivity contribution in [2.75, 3.05) is 44.2 Å². The maximum Gasteiger partial charge on any atom is 0.293 e. The van der Waals surface area contributed by atoms with E-state index in [-0.39, 0.29) is 28.8 Å². The van der Waals surface area contributed by atoms with E-state index in [4.69, 9.17) is 0 Å². The number of nitro benzene ring substituents is 1. The van der Waals surface area contributed by atoms with Crippen molar-refractivity contribution in [3.05, 3.63) is 52.1 Å². The minimum atomic E-state index is -0.463. The van der Waals surface area contributed by atoms with E-state index in [1.54, 1.807) is 29.9 Å². The molecule has 10 heteroatoms. The first-order valence-electron chi connectivity index (χ1n) is 9.95. The molecule has 0 saturated carbocycles. The van der Waals surface area contributed by atoms with Crippen LogP contribution in [0.25, 0.3) is 0 Å². The smallest absolute Gasteiger partial charge is 0.293 e. The van der Waals surface area contributed by atoms with Crippen LogP contribution in [0, 0.1) is 10.1 Å². The molecule has 0 unspecified atom stereocenters. The average Bonchev–Trinajstić information content (AvgIpc) is 3.17. The van der Waals surface area contributed by atoms with Crippen molar-refractivity contribution < 1.29 is 14.5 Å². The molecule has 1 aliphatic heterocycles. The first-order valence-corrected chi connectivity index (χ1v) is 9.95. The summed E-state index contributed by atoms with van der Waals surface area (Å²) < 4.78 is 1.58. The quantitative estimate of drug-likeness (QED) is 0.392. The fourth-order valence-corrected chi connectivity index (χ4v) is 3.46. The van der Waals surface area contributed by atoms with Crippen molar-refractivity contribution in [2.45, 2.75) is 13.3 Å². The summed E-state index contributed by atoms with van der Waals surface area (Å²) >= 11 is 0. The molecule has 1 aliphatic rings.